The number of carbonyl (C=O) groups is 1. The van der Waals surface area contributed by atoms with Gasteiger partial charge in [0.05, 0.1) is 6.04 Å². The predicted molar refractivity (Wildman–Crippen MR) is 102 cm³/mol. The lowest BCUT2D eigenvalue weighted by atomic mass is 10.1. The van der Waals surface area contributed by atoms with E-state index in [-0.39, 0.29) is 24.4 Å². The maximum atomic E-state index is 12.1. The van der Waals surface area contributed by atoms with Crippen LogP contribution in [0.4, 0.5) is 0 Å². The van der Waals surface area contributed by atoms with Crippen molar-refractivity contribution >= 4 is 18.3 Å². The van der Waals surface area contributed by atoms with Crippen LogP contribution in [-0.4, -0.2) is 18.5 Å². The number of amides is 1. The molecule has 1 aliphatic rings. The zero-order chi connectivity index (χ0) is 16.8. The summed E-state index contributed by atoms with van der Waals surface area (Å²) in [7, 11) is 0. The minimum atomic E-state index is -0.00956. The van der Waals surface area contributed by atoms with E-state index < -0.39 is 0 Å². The Bertz CT molecular complexity index is 655. The van der Waals surface area contributed by atoms with Gasteiger partial charge in [-0.2, -0.15) is 0 Å². The van der Waals surface area contributed by atoms with Crippen LogP contribution >= 0.6 is 12.4 Å². The van der Waals surface area contributed by atoms with Crippen molar-refractivity contribution in [2.75, 3.05) is 6.54 Å². The van der Waals surface area contributed by atoms with Gasteiger partial charge in [0.1, 0.15) is 11.5 Å². The van der Waals surface area contributed by atoms with Crippen LogP contribution < -0.4 is 15.4 Å². The summed E-state index contributed by atoms with van der Waals surface area (Å²) in [5.74, 6) is 1.71. The summed E-state index contributed by atoms with van der Waals surface area (Å²) in [6, 6.07) is 17.9. The molecule has 0 aromatic heterocycles. The van der Waals surface area contributed by atoms with Crippen molar-refractivity contribution in [2.24, 2.45) is 0 Å². The fourth-order valence-electron chi connectivity index (χ4n) is 2.99. The summed E-state index contributed by atoms with van der Waals surface area (Å²) in [5, 5.41) is 6.43. The normalized spacial score (nSPS) is 17.4. The molecule has 4 nitrogen and oxygen atoms in total. The van der Waals surface area contributed by atoms with E-state index in [0.717, 1.165) is 36.4 Å². The van der Waals surface area contributed by atoms with Gasteiger partial charge in [0.2, 0.25) is 5.91 Å². The van der Waals surface area contributed by atoms with Crippen LogP contribution in [0.5, 0.6) is 11.5 Å². The van der Waals surface area contributed by atoms with Crippen molar-refractivity contribution in [1.29, 1.82) is 0 Å². The Morgan fingerprint density at radius 3 is 2.48 bits per heavy atom. The van der Waals surface area contributed by atoms with Gasteiger partial charge in [-0.3, -0.25) is 4.79 Å². The lowest BCUT2D eigenvalue weighted by molar-refractivity contribution is -0.122. The Balaban J connectivity index is 0.00000225. The number of rotatable bonds is 6. The first-order valence-corrected chi connectivity index (χ1v) is 8.56. The van der Waals surface area contributed by atoms with E-state index in [2.05, 4.69) is 10.6 Å². The number of hydrogen-bond donors (Lipinski definition) is 2. The lowest BCUT2D eigenvalue weighted by Gasteiger charge is -2.17. The maximum Gasteiger partial charge on any atom is 0.222 e. The second-order valence-corrected chi connectivity index (χ2v) is 6.27. The van der Waals surface area contributed by atoms with Crippen LogP contribution in [0.3, 0.4) is 0 Å². The number of hydrogen-bond acceptors (Lipinski definition) is 3. The van der Waals surface area contributed by atoms with E-state index in [9.17, 15) is 4.79 Å². The van der Waals surface area contributed by atoms with Gasteiger partial charge in [-0.05, 0) is 56.1 Å². The zero-order valence-corrected chi connectivity index (χ0v) is 15.2. The van der Waals surface area contributed by atoms with Gasteiger partial charge >= 0.3 is 0 Å². The average molecular weight is 361 g/mol. The minimum Gasteiger partial charge on any atom is -0.457 e. The molecule has 1 fully saturated rings. The third-order valence-corrected chi connectivity index (χ3v) is 4.33. The number of halogens is 1. The zero-order valence-electron chi connectivity index (χ0n) is 14.4. The van der Waals surface area contributed by atoms with Gasteiger partial charge in [0.15, 0.2) is 0 Å². The summed E-state index contributed by atoms with van der Waals surface area (Å²) in [5.41, 5.74) is 1.07. The molecule has 2 aromatic rings. The second kappa shape index (κ2) is 9.44. The van der Waals surface area contributed by atoms with E-state index in [4.69, 9.17) is 4.74 Å². The first kappa shape index (κ1) is 19.3. The SMILES string of the molecule is CC(NC(=O)CC1CCCN1)c1ccc(Oc2ccccc2)cc1.Cl. The van der Waals surface area contributed by atoms with Crippen LogP contribution in [0, 0.1) is 0 Å². The summed E-state index contributed by atoms with van der Waals surface area (Å²) in [6.07, 6.45) is 2.81. The fraction of sp³-hybridized carbons (Fsp3) is 0.350. The topological polar surface area (TPSA) is 50.4 Å². The predicted octanol–water partition coefficient (Wildman–Crippen LogP) is 4.22. The highest BCUT2D eigenvalue weighted by molar-refractivity contribution is 5.85. The number of para-hydroxylation sites is 1. The largest absolute Gasteiger partial charge is 0.457 e. The Labute approximate surface area is 155 Å². The molecule has 0 aliphatic carbocycles. The van der Waals surface area contributed by atoms with Crippen molar-refractivity contribution in [2.45, 2.75) is 38.3 Å². The van der Waals surface area contributed by atoms with Gasteiger partial charge in [0, 0.05) is 12.5 Å². The van der Waals surface area contributed by atoms with Gasteiger partial charge in [-0.25, -0.2) is 0 Å². The quantitative estimate of drug-likeness (QED) is 0.810. The number of benzene rings is 2. The van der Waals surface area contributed by atoms with E-state index in [0.29, 0.717) is 12.5 Å². The molecular formula is C20H25ClN2O2. The van der Waals surface area contributed by atoms with Crippen molar-refractivity contribution in [3.05, 3.63) is 60.2 Å². The number of nitrogens with one attached hydrogen (secondary N) is 2. The van der Waals surface area contributed by atoms with Crippen LogP contribution in [0.2, 0.25) is 0 Å². The molecule has 0 radical (unpaired) electrons. The molecule has 1 heterocycles. The first-order chi connectivity index (χ1) is 11.7. The monoisotopic (exact) mass is 360 g/mol. The fourth-order valence-corrected chi connectivity index (χ4v) is 2.99. The molecule has 0 spiro atoms. The molecule has 1 aliphatic heterocycles. The highest BCUT2D eigenvalue weighted by atomic mass is 35.5. The van der Waals surface area contributed by atoms with Crippen molar-refractivity contribution in [1.82, 2.24) is 10.6 Å². The van der Waals surface area contributed by atoms with Gasteiger partial charge < -0.3 is 15.4 Å². The molecule has 2 N–H and O–H groups in total. The lowest BCUT2D eigenvalue weighted by Crippen LogP contribution is -2.33. The molecule has 3 rings (SSSR count). The maximum absolute atomic E-state index is 12.1. The number of carbonyl (C=O) groups excluding carboxylic acids is 1. The van der Waals surface area contributed by atoms with Crippen molar-refractivity contribution < 1.29 is 9.53 Å². The summed E-state index contributed by atoms with van der Waals surface area (Å²) < 4.78 is 5.79. The molecule has 0 saturated carbocycles. The van der Waals surface area contributed by atoms with E-state index >= 15 is 0 Å². The Hall–Kier alpha value is -2.04. The van der Waals surface area contributed by atoms with Crippen molar-refractivity contribution in [3.63, 3.8) is 0 Å². The summed E-state index contributed by atoms with van der Waals surface area (Å²) in [6.45, 7) is 3.03. The van der Waals surface area contributed by atoms with Gasteiger partial charge in [-0.1, -0.05) is 30.3 Å². The molecule has 134 valence electrons. The molecule has 5 heteroatoms. The van der Waals surface area contributed by atoms with E-state index in [1.54, 1.807) is 0 Å². The van der Waals surface area contributed by atoms with E-state index in [1.807, 2.05) is 61.5 Å². The highest BCUT2D eigenvalue weighted by Crippen LogP contribution is 2.23. The number of ether oxygens (including phenoxy) is 1. The van der Waals surface area contributed by atoms with Crippen LogP contribution in [-0.2, 0) is 4.79 Å². The standard InChI is InChI=1S/C20H24N2O2.ClH/c1-15(22-20(23)14-17-6-5-13-21-17)16-9-11-19(12-10-16)24-18-7-3-2-4-8-18;/h2-4,7-12,15,17,21H,5-6,13-14H2,1H3,(H,22,23);1H. The van der Waals surface area contributed by atoms with Crippen LogP contribution in [0.15, 0.2) is 54.6 Å². The molecule has 2 unspecified atom stereocenters. The third kappa shape index (κ3) is 5.76. The molecule has 2 aromatic carbocycles. The smallest absolute Gasteiger partial charge is 0.222 e. The molecule has 1 amide bonds. The van der Waals surface area contributed by atoms with Crippen LogP contribution in [0.25, 0.3) is 0 Å². The molecule has 2 atom stereocenters. The van der Waals surface area contributed by atoms with Gasteiger partial charge in [0.25, 0.3) is 0 Å². The third-order valence-electron chi connectivity index (χ3n) is 4.33. The Kier molecular flexibility index (Phi) is 7.29. The molecule has 0 bridgehead atoms. The van der Waals surface area contributed by atoms with Crippen LogP contribution in [0.1, 0.15) is 37.8 Å². The first-order valence-electron chi connectivity index (χ1n) is 8.56. The van der Waals surface area contributed by atoms with Crippen molar-refractivity contribution in [3.8, 4) is 11.5 Å². The molecule has 1 saturated heterocycles. The molecular weight excluding hydrogens is 336 g/mol. The average Bonchev–Trinajstić information content (AvgIpc) is 3.09. The Morgan fingerprint density at radius 1 is 1.16 bits per heavy atom. The second-order valence-electron chi connectivity index (χ2n) is 6.27. The summed E-state index contributed by atoms with van der Waals surface area (Å²) in [4.78, 5) is 12.1. The van der Waals surface area contributed by atoms with E-state index in [1.165, 1.54) is 0 Å². The summed E-state index contributed by atoms with van der Waals surface area (Å²) >= 11 is 0. The molecule has 25 heavy (non-hydrogen) atoms. The van der Waals surface area contributed by atoms with Gasteiger partial charge in [-0.15, -0.1) is 12.4 Å². The Morgan fingerprint density at radius 2 is 1.84 bits per heavy atom. The minimum absolute atomic E-state index is 0. The highest BCUT2D eigenvalue weighted by Gasteiger charge is 2.18.